The van der Waals surface area contributed by atoms with Gasteiger partial charge in [-0.25, -0.2) is 8.42 Å². The van der Waals surface area contributed by atoms with Gasteiger partial charge in [0.1, 0.15) is 17.3 Å². The molecule has 0 heterocycles. The summed E-state index contributed by atoms with van der Waals surface area (Å²) in [5.41, 5.74) is 0.0928. The van der Waals surface area contributed by atoms with Crippen LogP contribution in [0.5, 0.6) is 0 Å². The molecule has 1 rings (SSSR count). The molecule has 0 saturated heterocycles. The normalized spacial score (nSPS) is 10.6. The lowest BCUT2D eigenvalue weighted by atomic mass is 10.1. The number of hydrogen-bond donors (Lipinski definition) is 0. The van der Waals surface area contributed by atoms with Crippen LogP contribution in [0.3, 0.4) is 0 Å². The van der Waals surface area contributed by atoms with Crippen molar-refractivity contribution in [1.82, 2.24) is 0 Å². The number of carbonyl (C=O) groups is 1. The van der Waals surface area contributed by atoms with Crippen LogP contribution < -0.4 is 0 Å². The summed E-state index contributed by atoms with van der Waals surface area (Å²) in [5, 5.41) is 8.61. The minimum absolute atomic E-state index is 0.135. The lowest BCUT2D eigenvalue weighted by Crippen LogP contribution is -1.96. The summed E-state index contributed by atoms with van der Waals surface area (Å²) >= 11 is 0. The molecular formula is C8H4ClNO3S. The number of benzene rings is 1. The van der Waals surface area contributed by atoms with Gasteiger partial charge in [-0.2, -0.15) is 5.26 Å². The maximum Gasteiger partial charge on any atom is 0.262 e. The van der Waals surface area contributed by atoms with Gasteiger partial charge >= 0.3 is 0 Å². The Morgan fingerprint density at radius 2 is 2.07 bits per heavy atom. The molecule has 0 spiro atoms. The number of aldehydes is 1. The molecule has 0 aliphatic heterocycles. The van der Waals surface area contributed by atoms with Gasteiger partial charge in [0.05, 0.1) is 5.56 Å². The molecule has 0 amide bonds. The topological polar surface area (TPSA) is 75.0 Å². The van der Waals surface area contributed by atoms with E-state index in [9.17, 15) is 13.2 Å². The number of halogens is 1. The van der Waals surface area contributed by atoms with E-state index in [2.05, 4.69) is 0 Å². The van der Waals surface area contributed by atoms with E-state index in [1.54, 1.807) is 6.07 Å². The smallest absolute Gasteiger partial charge is 0.262 e. The van der Waals surface area contributed by atoms with Crippen LogP contribution in [-0.4, -0.2) is 14.7 Å². The summed E-state index contributed by atoms with van der Waals surface area (Å²) in [6.07, 6.45) is 0.519. The zero-order valence-corrected chi connectivity index (χ0v) is 8.34. The largest absolute Gasteiger partial charge is 0.298 e. The molecule has 0 aliphatic rings. The summed E-state index contributed by atoms with van der Waals surface area (Å²) in [4.78, 5) is 10.1. The highest BCUT2D eigenvalue weighted by molar-refractivity contribution is 8.13. The monoisotopic (exact) mass is 229 g/mol. The molecule has 14 heavy (non-hydrogen) atoms. The lowest BCUT2D eigenvalue weighted by Gasteiger charge is -1.99. The molecule has 72 valence electrons. The summed E-state index contributed by atoms with van der Waals surface area (Å²) in [6.45, 7) is 0. The second-order valence-corrected chi connectivity index (χ2v) is 4.96. The van der Waals surface area contributed by atoms with Crippen LogP contribution >= 0.6 is 10.7 Å². The zero-order chi connectivity index (χ0) is 10.8. The first-order valence-corrected chi connectivity index (χ1v) is 5.74. The SMILES string of the molecule is N#Cc1cc(C=O)ccc1S(=O)(=O)Cl. The van der Waals surface area contributed by atoms with Crippen molar-refractivity contribution < 1.29 is 13.2 Å². The minimum Gasteiger partial charge on any atom is -0.298 e. The molecular weight excluding hydrogens is 226 g/mol. The molecule has 0 aliphatic carbocycles. The predicted octanol–water partition coefficient (Wildman–Crippen LogP) is 1.30. The van der Waals surface area contributed by atoms with Gasteiger partial charge in [-0.3, -0.25) is 4.79 Å². The molecule has 0 radical (unpaired) electrons. The van der Waals surface area contributed by atoms with E-state index in [1.165, 1.54) is 12.1 Å². The summed E-state index contributed by atoms with van der Waals surface area (Å²) in [5.74, 6) is 0. The van der Waals surface area contributed by atoms with Gasteiger partial charge in [-0.05, 0) is 12.1 Å². The molecule has 0 unspecified atom stereocenters. The number of hydrogen-bond acceptors (Lipinski definition) is 4. The Kier molecular flexibility index (Phi) is 2.89. The molecule has 0 fully saturated rings. The van der Waals surface area contributed by atoms with Gasteiger partial charge in [0, 0.05) is 16.2 Å². The molecule has 0 saturated carbocycles. The van der Waals surface area contributed by atoms with Gasteiger partial charge in [0.2, 0.25) is 0 Å². The predicted molar refractivity (Wildman–Crippen MR) is 49.6 cm³/mol. The second-order valence-electron chi connectivity index (χ2n) is 2.42. The molecule has 0 aromatic heterocycles. The van der Waals surface area contributed by atoms with E-state index in [0.717, 1.165) is 6.07 Å². The van der Waals surface area contributed by atoms with Crippen LogP contribution in [-0.2, 0) is 9.05 Å². The average Bonchev–Trinajstić information content (AvgIpc) is 2.15. The number of rotatable bonds is 2. The fourth-order valence-electron chi connectivity index (χ4n) is 0.921. The fraction of sp³-hybridized carbons (Fsp3) is 0. The number of nitriles is 1. The van der Waals surface area contributed by atoms with Gasteiger partial charge < -0.3 is 0 Å². The van der Waals surface area contributed by atoms with Crippen molar-refractivity contribution in [2.45, 2.75) is 4.90 Å². The van der Waals surface area contributed by atoms with E-state index in [-0.39, 0.29) is 16.0 Å². The van der Waals surface area contributed by atoms with Crippen LogP contribution in [0.25, 0.3) is 0 Å². The number of nitrogens with zero attached hydrogens (tertiary/aromatic N) is 1. The van der Waals surface area contributed by atoms with E-state index in [4.69, 9.17) is 15.9 Å². The first-order chi connectivity index (χ1) is 6.49. The van der Waals surface area contributed by atoms with Gasteiger partial charge in [-0.15, -0.1) is 0 Å². The number of carbonyl (C=O) groups excluding carboxylic acids is 1. The van der Waals surface area contributed by atoms with Crippen molar-refractivity contribution in [2.24, 2.45) is 0 Å². The highest BCUT2D eigenvalue weighted by Crippen LogP contribution is 2.19. The van der Waals surface area contributed by atoms with Crippen LogP contribution in [0.1, 0.15) is 15.9 Å². The maximum atomic E-state index is 10.9. The van der Waals surface area contributed by atoms with Gasteiger partial charge in [-0.1, -0.05) is 6.07 Å². The highest BCUT2D eigenvalue weighted by Gasteiger charge is 2.15. The van der Waals surface area contributed by atoms with E-state index >= 15 is 0 Å². The van der Waals surface area contributed by atoms with Crippen molar-refractivity contribution >= 4 is 26.0 Å². The Morgan fingerprint density at radius 1 is 1.43 bits per heavy atom. The van der Waals surface area contributed by atoms with Crippen molar-refractivity contribution in [1.29, 1.82) is 5.26 Å². The van der Waals surface area contributed by atoms with Crippen LogP contribution in [0.4, 0.5) is 0 Å². The lowest BCUT2D eigenvalue weighted by molar-refractivity contribution is 0.112. The third kappa shape index (κ3) is 2.10. The van der Waals surface area contributed by atoms with Crippen LogP contribution in [0, 0.1) is 11.3 Å². The Balaban J connectivity index is 3.50. The molecule has 1 aromatic carbocycles. The average molecular weight is 230 g/mol. The summed E-state index contributed by atoms with van der Waals surface area (Å²) < 4.78 is 21.9. The van der Waals surface area contributed by atoms with Crippen molar-refractivity contribution in [3.05, 3.63) is 29.3 Å². The Bertz CT molecular complexity index is 516. The van der Waals surface area contributed by atoms with Crippen molar-refractivity contribution in [3.63, 3.8) is 0 Å². The molecule has 0 bridgehead atoms. The Morgan fingerprint density at radius 3 is 2.50 bits per heavy atom. The first kappa shape index (κ1) is 10.7. The van der Waals surface area contributed by atoms with Crippen LogP contribution in [0.2, 0.25) is 0 Å². The molecule has 0 N–H and O–H groups in total. The second kappa shape index (κ2) is 3.78. The van der Waals surface area contributed by atoms with Gasteiger partial charge in [0.15, 0.2) is 0 Å². The fourth-order valence-corrected chi connectivity index (χ4v) is 1.92. The Labute approximate surface area is 85.1 Å². The van der Waals surface area contributed by atoms with Crippen molar-refractivity contribution in [2.75, 3.05) is 0 Å². The highest BCUT2D eigenvalue weighted by atomic mass is 35.7. The molecule has 4 nitrogen and oxygen atoms in total. The van der Waals surface area contributed by atoms with E-state index in [1.807, 2.05) is 0 Å². The standard InChI is InChI=1S/C8H4ClNO3S/c9-14(12,13)8-2-1-6(5-11)3-7(8)4-10/h1-3,5H. The molecule has 0 atom stereocenters. The van der Waals surface area contributed by atoms with Crippen molar-refractivity contribution in [3.8, 4) is 6.07 Å². The first-order valence-electron chi connectivity index (χ1n) is 3.43. The third-order valence-corrected chi connectivity index (χ3v) is 2.90. The van der Waals surface area contributed by atoms with E-state index in [0.29, 0.717) is 6.29 Å². The van der Waals surface area contributed by atoms with Crippen LogP contribution in [0.15, 0.2) is 23.1 Å². The molecule has 1 aromatic rings. The minimum atomic E-state index is -3.94. The van der Waals surface area contributed by atoms with Gasteiger partial charge in [0.25, 0.3) is 9.05 Å². The summed E-state index contributed by atoms with van der Waals surface area (Å²) in [7, 11) is 1.13. The molecule has 6 heteroatoms. The Hall–Kier alpha value is -1.38. The van der Waals surface area contributed by atoms with E-state index < -0.39 is 9.05 Å². The third-order valence-electron chi connectivity index (χ3n) is 1.52. The quantitative estimate of drug-likeness (QED) is 0.566. The zero-order valence-electron chi connectivity index (χ0n) is 6.77. The maximum absolute atomic E-state index is 10.9. The summed E-state index contributed by atoms with van der Waals surface area (Å²) in [6, 6.07) is 5.23.